The van der Waals surface area contributed by atoms with E-state index in [1.54, 1.807) is 6.07 Å². The van der Waals surface area contributed by atoms with Gasteiger partial charge in [0.1, 0.15) is 0 Å². The number of nitrogens with zero attached hydrogens (tertiary/aromatic N) is 4. The molecule has 31 heavy (non-hydrogen) atoms. The summed E-state index contributed by atoms with van der Waals surface area (Å²) in [6.45, 7) is 4.90. The Morgan fingerprint density at radius 2 is 2.03 bits per heavy atom. The van der Waals surface area contributed by atoms with Crippen LogP contribution < -0.4 is 5.32 Å². The van der Waals surface area contributed by atoms with Crippen molar-refractivity contribution in [2.24, 2.45) is 0 Å². The number of benzene rings is 1. The van der Waals surface area contributed by atoms with E-state index >= 15 is 0 Å². The van der Waals surface area contributed by atoms with Crippen LogP contribution in [-0.4, -0.2) is 56.4 Å². The fraction of sp³-hybridized carbons (Fsp3) is 0.391. The van der Waals surface area contributed by atoms with Crippen molar-refractivity contribution in [3.63, 3.8) is 0 Å². The van der Waals surface area contributed by atoms with Crippen molar-refractivity contribution in [1.29, 1.82) is 0 Å². The highest BCUT2D eigenvalue weighted by molar-refractivity contribution is 5.84. The zero-order chi connectivity index (χ0) is 21.6. The van der Waals surface area contributed by atoms with Crippen LogP contribution in [0.1, 0.15) is 31.0 Å². The molecule has 8 nitrogen and oxygen atoms in total. The van der Waals surface area contributed by atoms with Crippen LogP contribution in [0.2, 0.25) is 0 Å². The van der Waals surface area contributed by atoms with Gasteiger partial charge in [0.05, 0.1) is 17.6 Å². The predicted octanol–water partition coefficient (Wildman–Crippen LogP) is 2.80. The number of carbonyl (C=O) groups excluding carboxylic acids is 1. The third-order valence-corrected chi connectivity index (χ3v) is 6.49. The van der Waals surface area contributed by atoms with Gasteiger partial charge < -0.3 is 15.3 Å². The standard InChI is InChI=1S/C23H25N5O3/c1-2-24-22(31)27-7-5-23(14-27)6-8-28-20(23)12-19(26-28)17-11-16-9-15(10-21(29)30)3-4-18(16)25-13-17/h3-4,9,11-13H,2,5-8,10,14H2,1H3,(H,24,31)(H,29,30). The van der Waals surface area contributed by atoms with Gasteiger partial charge in [0, 0.05) is 54.4 Å². The molecule has 2 amide bonds. The van der Waals surface area contributed by atoms with Gasteiger partial charge in [-0.2, -0.15) is 5.10 Å². The quantitative estimate of drug-likeness (QED) is 0.677. The zero-order valence-electron chi connectivity index (χ0n) is 17.5. The first-order chi connectivity index (χ1) is 15.0. The number of nitrogens with one attached hydrogen (secondary N) is 1. The van der Waals surface area contributed by atoms with Crippen molar-refractivity contribution >= 4 is 22.9 Å². The summed E-state index contributed by atoms with van der Waals surface area (Å²) in [5, 5.41) is 17.7. The van der Waals surface area contributed by atoms with E-state index in [0.717, 1.165) is 60.2 Å². The molecular weight excluding hydrogens is 394 g/mol. The Bertz CT molecular complexity index is 1190. The van der Waals surface area contributed by atoms with Crippen LogP contribution in [0.15, 0.2) is 36.5 Å². The number of carboxylic acids is 1. The molecule has 2 aromatic heterocycles. The molecule has 2 aliphatic rings. The fourth-order valence-corrected chi connectivity index (χ4v) is 4.93. The number of hydrogen-bond acceptors (Lipinski definition) is 4. The van der Waals surface area contributed by atoms with Crippen molar-refractivity contribution < 1.29 is 14.7 Å². The maximum absolute atomic E-state index is 12.3. The lowest BCUT2D eigenvalue weighted by atomic mass is 9.82. The Hall–Kier alpha value is -3.42. The molecule has 2 aliphatic heterocycles. The molecule has 0 radical (unpaired) electrons. The first-order valence-electron chi connectivity index (χ1n) is 10.7. The van der Waals surface area contributed by atoms with Gasteiger partial charge in [-0.1, -0.05) is 6.07 Å². The number of likely N-dealkylation sites (tertiary alicyclic amines) is 1. The van der Waals surface area contributed by atoms with Gasteiger partial charge in [-0.05, 0) is 49.6 Å². The molecule has 0 bridgehead atoms. The molecule has 0 aliphatic carbocycles. The van der Waals surface area contributed by atoms with Crippen LogP contribution in [0.25, 0.3) is 22.2 Å². The predicted molar refractivity (Wildman–Crippen MR) is 116 cm³/mol. The number of rotatable bonds is 4. The van der Waals surface area contributed by atoms with Crippen molar-refractivity contribution in [1.82, 2.24) is 25.0 Å². The molecule has 1 unspecified atom stereocenters. The lowest BCUT2D eigenvalue weighted by molar-refractivity contribution is -0.136. The van der Waals surface area contributed by atoms with Crippen LogP contribution in [0.3, 0.4) is 0 Å². The van der Waals surface area contributed by atoms with Crippen LogP contribution in [0.4, 0.5) is 4.79 Å². The van der Waals surface area contributed by atoms with Gasteiger partial charge >= 0.3 is 12.0 Å². The number of fused-ring (bicyclic) bond motifs is 3. The highest BCUT2D eigenvalue weighted by Gasteiger charge is 2.46. The van der Waals surface area contributed by atoms with Crippen LogP contribution >= 0.6 is 0 Å². The monoisotopic (exact) mass is 419 g/mol. The Kier molecular flexibility index (Phi) is 4.64. The van der Waals surface area contributed by atoms with Crippen LogP contribution in [0.5, 0.6) is 0 Å². The van der Waals surface area contributed by atoms with Gasteiger partial charge in [-0.25, -0.2) is 4.79 Å². The number of carbonyl (C=O) groups is 2. The largest absolute Gasteiger partial charge is 0.481 e. The van der Waals surface area contributed by atoms with Crippen molar-refractivity contribution in [2.45, 2.75) is 38.1 Å². The SMILES string of the molecule is CCNC(=O)N1CCC2(CCn3nc(-c4cnc5ccc(CC(=O)O)cc5c4)cc32)C1. The number of aromatic nitrogens is 3. The summed E-state index contributed by atoms with van der Waals surface area (Å²) >= 11 is 0. The molecule has 0 saturated carbocycles. The number of amides is 2. The topological polar surface area (TPSA) is 100 Å². The first-order valence-corrected chi connectivity index (χ1v) is 10.7. The number of aryl methyl sites for hydroxylation is 1. The minimum atomic E-state index is -0.850. The molecule has 1 fully saturated rings. The van der Waals surface area contributed by atoms with Crippen molar-refractivity contribution in [3.05, 3.63) is 47.8 Å². The highest BCUT2D eigenvalue weighted by Crippen LogP contribution is 2.43. The molecule has 1 saturated heterocycles. The third kappa shape index (κ3) is 3.41. The molecule has 160 valence electrons. The van der Waals surface area contributed by atoms with E-state index in [2.05, 4.69) is 21.0 Å². The second-order valence-electron chi connectivity index (χ2n) is 8.50. The Balaban J connectivity index is 1.44. The van der Waals surface area contributed by atoms with Gasteiger partial charge in [-0.15, -0.1) is 0 Å². The Labute approximate surface area is 179 Å². The molecule has 2 N–H and O–H groups in total. The summed E-state index contributed by atoms with van der Waals surface area (Å²) in [7, 11) is 0. The maximum atomic E-state index is 12.3. The normalized spacial score (nSPS) is 19.8. The van der Waals surface area contributed by atoms with Crippen molar-refractivity contribution in [3.8, 4) is 11.3 Å². The zero-order valence-corrected chi connectivity index (χ0v) is 17.5. The second kappa shape index (κ2) is 7.37. The first kappa shape index (κ1) is 19.5. The fourth-order valence-electron chi connectivity index (χ4n) is 4.93. The average molecular weight is 419 g/mol. The second-order valence-corrected chi connectivity index (χ2v) is 8.50. The average Bonchev–Trinajstić information content (AvgIpc) is 3.44. The number of urea groups is 1. The Morgan fingerprint density at radius 1 is 1.19 bits per heavy atom. The van der Waals surface area contributed by atoms with E-state index < -0.39 is 5.97 Å². The molecule has 1 atom stereocenters. The number of aliphatic carboxylic acids is 1. The summed E-state index contributed by atoms with van der Waals surface area (Å²) in [6.07, 6.45) is 3.76. The molecule has 8 heteroatoms. The number of hydrogen-bond donors (Lipinski definition) is 2. The van der Waals surface area contributed by atoms with Gasteiger partial charge in [0.2, 0.25) is 0 Å². The Morgan fingerprint density at radius 3 is 2.84 bits per heavy atom. The van der Waals surface area contributed by atoms with E-state index in [9.17, 15) is 9.59 Å². The lowest BCUT2D eigenvalue weighted by Crippen LogP contribution is -2.40. The molecule has 1 aromatic carbocycles. The van der Waals surface area contributed by atoms with E-state index in [1.807, 2.05) is 36.2 Å². The molecule has 3 aromatic rings. The summed E-state index contributed by atoms with van der Waals surface area (Å²) in [4.78, 5) is 29.8. The summed E-state index contributed by atoms with van der Waals surface area (Å²) in [5.41, 5.74) is 4.51. The lowest BCUT2D eigenvalue weighted by Gasteiger charge is -2.23. The van der Waals surface area contributed by atoms with E-state index in [1.165, 1.54) is 5.69 Å². The smallest absolute Gasteiger partial charge is 0.317 e. The molecule has 5 rings (SSSR count). The maximum Gasteiger partial charge on any atom is 0.317 e. The molecular formula is C23H25N5O3. The number of pyridine rings is 1. The minimum Gasteiger partial charge on any atom is -0.481 e. The van der Waals surface area contributed by atoms with Crippen LogP contribution in [0, 0.1) is 0 Å². The minimum absolute atomic E-state index is 0.00783. The highest BCUT2D eigenvalue weighted by atomic mass is 16.4. The van der Waals surface area contributed by atoms with E-state index in [0.29, 0.717) is 6.54 Å². The van der Waals surface area contributed by atoms with Crippen molar-refractivity contribution in [2.75, 3.05) is 19.6 Å². The molecule has 1 spiro atoms. The summed E-state index contributed by atoms with van der Waals surface area (Å²) in [5.74, 6) is -0.850. The van der Waals surface area contributed by atoms with E-state index in [-0.39, 0.29) is 17.9 Å². The molecule has 4 heterocycles. The van der Waals surface area contributed by atoms with Gasteiger partial charge in [-0.3, -0.25) is 14.5 Å². The summed E-state index contributed by atoms with van der Waals surface area (Å²) < 4.78 is 2.07. The van der Waals surface area contributed by atoms with E-state index in [4.69, 9.17) is 10.2 Å². The summed E-state index contributed by atoms with van der Waals surface area (Å²) in [6, 6.07) is 9.71. The third-order valence-electron chi connectivity index (χ3n) is 6.49. The van der Waals surface area contributed by atoms with Crippen LogP contribution in [-0.2, 0) is 23.2 Å². The number of carboxylic acid groups (broad SMARTS) is 1. The van der Waals surface area contributed by atoms with Gasteiger partial charge in [0.25, 0.3) is 0 Å². The van der Waals surface area contributed by atoms with Gasteiger partial charge in [0.15, 0.2) is 0 Å².